The molecule has 0 spiro atoms. The first-order chi connectivity index (χ1) is 16.4. The van der Waals surface area contributed by atoms with Crippen molar-refractivity contribution in [3.8, 4) is 5.75 Å². The molecule has 0 radical (unpaired) electrons. The molecule has 1 heterocycles. The molecule has 0 bridgehead atoms. The number of hydrogen-bond acceptors (Lipinski definition) is 3. The third kappa shape index (κ3) is 5.64. The second kappa shape index (κ2) is 10.5. The SMILES string of the molecule is CCc1ccc(NC(=S)N(Cc2ccc(OC)cc2)Cc2cc3cc(C)ccc3[nH]c2=O)cc1. The smallest absolute Gasteiger partial charge is 0.253 e. The van der Waals surface area contributed by atoms with E-state index >= 15 is 0 Å². The molecule has 0 aliphatic heterocycles. The number of benzene rings is 3. The number of ether oxygens (including phenoxy) is 1. The third-order valence-corrected chi connectivity index (χ3v) is 6.23. The molecule has 0 amide bonds. The van der Waals surface area contributed by atoms with Crippen molar-refractivity contribution in [3.63, 3.8) is 0 Å². The highest BCUT2D eigenvalue weighted by molar-refractivity contribution is 7.80. The number of fused-ring (bicyclic) bond motifs is 1. The number of aromatic amines is 1. The molecule has 4 aromatic rings. The zero-order chi connectivity index (χ0) is 24.1. The summed E-state index contributed by atoms with van der Waals surface area (Å²) in [6.07, 6.45) is 0.985. The van der Waals surface area contributed by atoms with E-state index in [1.54, 1.807) is 7.11 Å². The highest BCUT2D eigenvalue weighted by Crippen LogP contribution is 2.18. The Labute approximate surface area is 205 Å². The van der Waals surface area contributed by atoms with Crippen LogP contribution in [0.5, 0.6) is 5.75 Å². The minimum Gasteiger partial charge on any atom is -0.497 e. The Morgan fingerprint density at radius 1 is 0.971 bits per heavy atom. The fraction of sp³-hybridized carbons (Fsp3) is 0.214. The molecule has 6 heteroatoms. The van der Waals surface area contributed by atoms with E-state index in [9.17, 15) is 4.79 Å². The molecule has 2 N–H and O–H groups in total. The number of nitrogens with zero attached hydrogens (tertiary/aromatic N) is 1. The van der Waals surface area contributed by atoms with Crippen molar-refractivity contribution in [2.24, 2.45) is 0 Å². The summed E-state index contributed by atoms with van der Waals surface area (Å²) in [5.74, 6) is 0.799. The van der Waals surface area contributed by atoms with Gasteiger partial charge in [-0.2, -0.15) is 0 Å². The van der Waals surface area contributed by atoms with Crippen molar-refractivity contribution in [2.75, 3.05) is 12.4 Å². The molecule has 3 aromatic carbocycles. The van der Waals surface area contributed by atoms with Crippen molar-refractivity contribution in [2.45, 2.75) is 33.4 Å². The minimum absolute atomic E-state index is 0.105. The number of methoxy groups -OCH3 is 1. The van der Waals surface area contributed by atoms with Crippen LogP contribution in [0.15, 0.2) is 77.6 Å². The summed E-state index contributed by atoms with van der Waals surface area (Å²) in [5, 5.41) is 4.91. The van der Waals surface area contributed by atoms with Gasteiger partial charge in [0.05, 0.1) is 13.7 Å². The predicted octanol–water partition coefficient (Wildman–Crippen LogP) is 5.81. The summed E-state index contributed by atoms with van der Waals surface area (Å²) >= 11 is 5.80. The molecule has 174 valence electrons. The highest BCUT2D eigenvalue weighted by Gasteiger charge is 2.15. The van der Waals surface area contributed by atoms with Crippen LogP contribution in [-0.4, -0.2) is 22.1 Å². The predicted molar refractivity (Wildman–Crippen MR) is 144 cm³/mol. The quantitative estimate of drug-likeness (QED) is 0.333. The molecule has 0 unspecified atom stereocenters. The van der Waals surface area contributed by atoms with E-state index < -0.39 is 0 Å². The van der Waals surface area contributed by atoms with Gasteiger partial charge < -0.3 is 19.9 Å². The van der Waals surface area contributed by atoms with Crippen molar-refractivity contribution in [3.05, 3.63) is 105 Å². The van der Waals surface area contributed by atoms with Gasteiger partial charge in [-0.25, -0.2) is 0 Å². The van der Waals surface area contributed by atoms with Gasteiger partial charge >= 0.3 is 0 Å². The van der Waals surface area contributed by atoms with Gasteiger partial charge in [0.1, 0.15) is 5.75 Å². The molecule has 0 atom stereocenters. The van der Waals surface area contributed by atoms with Crippen LogP contribution < -0.4 is 15.6 Å². The van der Waals surface area contributed by atoms with E-state index in [1.807, 2.05) is 66.4 Å². The van der Waals surface area contributed by atoms with Crippen LogP contribution >= 0.6 is 12.2 Å². The van der Waals surface area contributed by atoms with Crippen LogP contribution in [0, 0.1) is 6.92 Å². The maximum absolute atomic E-state index is 12.9. The molecule has 0 saturated heterocycles. The standard InChI is InChI=1S/C28H29N3O2S/c1-4-20-6-10-24(11-7-20)29-28(34)31(17-21-8-12-25(33-3)13-9-21)18-23-16-22-15-19(2)5-14-26(22)30-27(23)32/h5-16H,4,17-18H2,1-3H3,(H,29,34)(H,30,32). The Morgan fingerprint density at radius 3 is 2.35 bits per heavy atom. The zero-order valence-electron chi connectivity index (χ0n) is 19.7. The molecule has 1 aromatic heterocycles. The summed E-state index contributed by atoms with van der Waals surface area (Å²) in [6.45, 7) is 5.10. The fourth-order valence-corrected chi connectivity index (χ4v) is 4.12. The molecular weight excluding hydrogens is 442 g/mol. The maximum atomic E-state index is 12.9. The Kier molecular flexibility index (Phi) is 7.28. The number of pyridine rings is 1. The fourth-order valence-electron chi connectivity index (χ4n) is 3.87. The second-order valence-corrected chi connectivity index (χ2v) is 8.79. The second-order valence-electron chi connectivity index (χ2n) is 8.40. The van der Waals surface area contributed by atoms with Gasteiger partial charge in [0.2, 0.25) is 0 Å². The van der Waals surface area contributed by atoms with Crippen LogP contribution in [0.3, 0.4) is 0 Å². The van der Waals surface area contributed by atoms with Gasteiger partial charge in [0.15, 0.2) is 5.11 Å². The lowest BCUT2D eigenvalue weighted by atomic mass is 10.1. The largest absolute Gasteiger partial charge is 0.497 e. The lowest BCUT2D eigenvalue weighted by Crippen LogP contribution is -2.35. The summed E-state index contributed by atoms with van der Waals surface area (Å²) in [7, 11) is 1.65. The average Bonchev–Trinajstić information content (AvgIpc) is 2.85. The summed E-state index contributed by atoms with van der Waals surface area (Å²) in [4.78, 5) is 17.9. The molecule has 4 rings (SSSR count). The zero-order valence-corrected chi connectivity index (χ0v) is 20.5. The van der Waals surface area contributed by atoms with E-state index in [4.69, 9.17) is 17.0 Å². The molecule has 0 fully saturated rings. The first-order valence-electron chi connectivity index (χ1n) is 11.4. The first kappa shape index (κ1) is 23.5. The summed E-state index contributed by atoms with van der Waals surface area (Å²) < 4.78 is 5.28. The number of nitrogens with one attached hydrogen (secondary N) is 2. The summed E-state index contributed by atoms with van der Waals surface area (Å²) in [5.41, 5.74) is 5.79. The van der Waals surface area contributed by atoms with Crippen molar-refractivity contribution >= 4 is 33.9 Å². The summed E-state index contributed by atoms with van der Waals surface area (Å²) in [6, 6.07) is 24.1. The molecule has 0 aliphatic rings. The van der Waals surface area contributed by atoms with Gasteiger partial charge in [-0.1, -0.05) is 42.8 Å². The number of aryl methyl sites for hydroxylation is 2. The Bertz CT molecular complexity index is 1350. The van der Waals surface area contributed by atoms with Crippen molar-refractivity contribution in [1.29, 1.82) is 0 Å². The van der Waals surface area contributed by atoms with Crippen LogP contribution in [-0.2, 0) is 19.5 Å². The van der Waals surface area contributed by atoms with E-state index in [1.165, 1.54) is 5.56 Å². The Balaban J connectivity index is 1.63. The normalized spacial score (nSPS) is 10.8. The van der Waals surface area contributed by atoms with Crippen LogP contribution in [0.2, 0.25) is 0 Å². The monoisotopic (exact) mass is 471 g/mol. The lowest BCUT2D eigenvalue weighted by molar-refractivity contribution is 0.406. The number of H-pyrrole nitrogens is 1. The van der Waals surface area contributed by atoms with Crippen LogP contribution in [0.4, 0.5) is 5.69 Å². The molecule has 0 saturated carbocycles. The van der Waals surface area contributed by atoms with Gasteiger partial charge in [0, 0.05) is 23.3 Å². The highest BCUT2D eigenvalue weighted by atomic mass is 32.1. The number of aromatic nitrogens is 1. The van der Waals surface area contributed by atoms with Gasteiger partial charge in [-0.15, -0.1) is 0 Å². The molecule has 5 nitrogen and oxygen atoms in total. The first-order valence-corrected chi connectivity index (χ1v) is 11.8. The van der Waals surface area contributed by atoms with Gasteiger partial charge in [-0.3, -0.25) is 4.79 Å². The Hall–Kier alpha value is -3.64. The van der Waals surface area contributed by atoms with Crippen LogP contribution in [0.1, 0.15) is 29.2 Å². The Morgan fingerprint density at radius 2 is 1.68 bits per heavy atom. The molecular formula is C28H29N3O2S. The minimum atomic E-state index is -0.105. The maximum Gasteiger partial charge on any atom is 0.253 e. The van der Waals surface area contributed by atoms with Crippen molar-refractivity contribution in [1.82, 2.24) is 9.88 Å². The van der Waals surface area contributed by atoms with Gasteiger partial charge in [-0.05, 0) is 84.5 Å². The third-order valence-electron chi connectivity index (χ3n) is 5.87. The topological polar surface area (TPSA) is 57.4 Å². The number of anilines is 1. The number of hydrogen-bond donors (Lipinski definition) is 2. The lowest BCUT2D eigenvalue weighted by Gasteiger charge is -2.26. The number of rotatable bonds is 7. The van der Waals surface area contributed by atoms with Crippen molar-refractivity contribution < 1.29 is 4.74 Å². The van der Waals surface area contributed by atoms with Crippen LogP contribution in [0.25, 0.3) is 10.9 Å². The molecule has 34 heavy (non-hydrogen) atoms. The van der Waals surface area contributed by atoms with E-state index in [-0.39, 0.29) is 5.56 Å². The number of thiocarbonyl (C=S) groups is 1. The van der Waals surface area contributed by atoms with Gasteiger partial charge in [0.25, 0.3) is 5.56 Å². The van der Waals surface area contributed by atoms with E-state index in [0.717, 1.165) is 39.9 Å². The van der Waals surface area contributed by atoms with E-state index in [2.05, 4.69) is 35.4 Å². The molecule has 0 aliphatic carbocycles. The van der Waals surface area contributed by atoms with E-state index in [0.29, 0.717) is 23.8 Å². The average molecular weight is 472 g/mol.